The van der Waals surface area contributed by atoms with E-state index >= 15 is 0 Å². The number of aromatic nitrogens is 3. The van der Waals surface area contributed by atoms with Gasteiger partial charge in [0, 0.05) is 31.1 Å². The summed E-state index contributed by atoms with van der Waals surface area (Å²) in [7, 11) is 1.87. The van der Waals surface area contributed by atoms with Gasteiger partial charge in [-0.05, 0) is 31.4 Å². The van der Waals surface area contributed by atoms with Crippen molar-refractivity contribution in [2.24, 2.45) is 0 Å². The zero-order chi connectivity index (χ0) is 18.1. The van der Waals surface area contributed by atoms with E-state index in [4.69, 9.17) is 4.98 Å². The average molecular weight is 349 g/mol. The van der Waals surface area contributed by atoms with Crippen LogP contribution in [0.4, 0.5) is 11.6 Å². The molecule has 0 saturated heterocycles. The highest BCUT2D eigenvalue weighted by Gasteiger charge is 2.20. The number of hydrogen-bond acceptors (Lipinski definition) is 6. The van der Waals surface area contributed by atoms with Crippen molar-refractivity contribution in [3.63, 3.8) is 0 Å². The van der Waals surface area contributed by atoms with Gasteiger partial charge < -0.3 is 21.3 Å². The minimum Gasteiger partial charge on any atom is -0.382 e. The Balaban J connectivity index is 1.69. The SMILES string of the molecule is C=C1NC=CC=C1Nc1cc(NC)n2ncc(C(=C)NC3CCC3)c2n1. The Kier molecular flexibility index (Phi) is 4.12. The quantitative estimate of drug-likeness (QED) is 0.642. The molecular formula is C19H23N7. The van der Waals surface area contributed by atoms with Crippen LogP contribution in [0.3, 0.4) is 0 Å². The predicted molar refractivity (Wildman–Crippen MR) is 105 cm³/mol. The molecule has 0 spiro atoms. The van der Waals surface area contributed by atoms with Crippen LogP contribution in [0.15, 0.2) is 55.2 Å². The molecule has 2 aromatic heterocycles. The van der Waals surface area contributed by atoms with Gasteiger partial charge in [-0.1, -0.05) is 13.2 Å². The zero-order valence-corrected chi connectivity index (χ0v) is 14.8. The van der Waals surface area contributed by atoms with Crippen molar-refractivity contribution in [1.29, 1.82) is 0 Å². The van der Waals surface area contributed by atoms with E-state index in [-0.39, 0.29) is 0 Å². The van der Waals surface area contributed by atoms with Gasteiger partial charge in [0.15, 0.2) is 5.65 Å². The number of anilines is 2. The van der Waals surface area contributed by atoms with Crippen LogP contribution in [0, 0.1) is 0 Å². The van der Waals surface area contributed by atoms with Crippen molar-refractivity contribution in [3.8, 4) is 0 Å². The van der Waals surface area contributed by atoms with Gasteiger partial charge in [-0.15, -0.1) is 0 Å². The zero-order valence-electron chi connectivity index (χ0n) is 14.8. The minimum atomic E-state index is 0.510. The first-order valence-corrected chi connectivity index (χ1v) is 8.77. The van der Waals surface area contributed by atoms with Crippen LogP contribution in [-0.4, -0.2) is 27.7 Å². The summed E-state index contributed by atoms with van der Waals surface area (Å²) < 4.78 is 1.79. The maximum absolute atomic E-state index is 4.76. The van der Waals surface area contributed by atoms with Crippen LogP contribution >= 0.6 is 0 Å². The van der Waals surface area contributed by atoms with Crippen LogP contribution in [0.25, 0.3) is 11.3 Å². The Hall–Kier alpha value is -3.22. The number of hydrogen-bond donors (Lipinski definition) is 4. The number of allylic oxidation sites excluding steroid dienone is 2. The lowest BCUT2D eigenvalue weighted by atomic mass is 9.93. The van der Waals surface area contributed by atoms with Crippen molar-refractivity contribution in [2.45, 2.75) is 25.3 Å². The molecule has 0 aromatic carbocycles. The van der Waals surface area contributed by atoms with Gasteiger partial charge >= 0.3 is 0 Å². The lowest BCUT2D eigenvalue weighted by Gasteiger charge is -2.28. The van der Waals surface area contributed by atoms with Crippen molar-refractivity contribution in [2.75, 3.05) is 17.7 Å². The Morgan fingerprint density at radius 2 is 2.23 bits per heavy atom. The summed E-state index contributed by atoms with van der Waals surface area (Å²) in [5.41, 5.74) is 4.19. The van der Waals surface area contributed by atoms with E-state index in [1.807, 2.05) is 37.7 Å². The minimum absolute atomic E-state index is 0.510. The fourth-order valence-corrected chi connectivity index (χ4v) is 3.02. The molecule has 1 fully saturated rings. The highest BCUT2D eigenvalue weighted by atomic mass is 15.3. The number of dihydropyridines is 1. The van der Waals surface area contributed by atoms with E-state index in [9.17, 15) is 0 Å². The number of fused-ring (bicyclic) bond motifs is 1. The van der Waals surface area contributed by atoms with E-state index in [1.54, 1.807) is 4.52 Å². The molecule has 1 aliphatic carbocycles. The standard InChI is InChI=1S/C19H23N7/c1-12(23-14-6-4-7-14)15-11-22-26-18(20-3)10-17(25-19(15)26)24-16-8-5-9-21-13(16)2/h5,8-11,14,20-21,23H,1-2,4,6-7H2,3H3,(H,24,25). The molecule has 2 aromatic rings. The molecule has 1 aliphatic heterocycles. The number of nitrogens with zero attached hydrogens (tertiary/aromatic N) is 3. The van der Waals surface area contributed by atoms with E-state index in [1.165, 1.54) is 19.3 Å². The predicted octanol–water partition coefficient (Wildman–Crippen LogP) is 2.81. The monoisotopic (exact) mass is 349 g/mol. The molecule has 0 amide bonds. The Morgan fingerprint density at radius 1 is 1.38 bits per heavy atom. The molecule has 0 bridgehead atoms. The lowest BCUT2D eigenvalue weighted by molar-refractivity contribution is 0.378. The van der Waals surface area contributed by atoms with Crippen LogP contribution < -0.4 is 21.3 Å². The first-order valence-electron chi connectivity index (χ1n) is 8.77. The van der Waals surface area contributed by atoms with Crippen LogP contribution in [0.1, 0.15) is 24.8 Å². The van der Waals surface area contributed by atoms with E-state index in [0.29, 0.717) is 11.9 Å². The molecule has 26 heavy (non-hydrogen) atoms. The van der Waals surface area contributed by atoms with Crippen molar-refractivity contribution in [3.05, 3.63) is 60.7 Å². The summed E-state index contributed by atoms with van der Waals surface area (Å²) in [4.78, 5) is 4.76. The van der Waals surface area contributed by atoms with Gasteiger partial charge in [-0.2, -0.15) is 9.61 Å². The molecular weight excluding hydrogens is 326 g/mol. The molecule has 4 N–H and O–H groups in total. The fraction of sp³-hybridized carbons (Fsp3) is 0.263. The summed E-state index contributed by atoms with van der Waals surface area (Å²) in [6.07, 6.45) is 11.2. The summed E-state index contributed by atoms with van der Waals surface area (Å²) in [6, 6.07) is 2.43. The van der Waals surface area contributed by atoms with Crippen molar-refractivity contribution < 1.29 is 0 Å². The van der Waals surface area contributed by atoms with Gasteiger partial charge in [0.05, 0.1) is 23.2 Å². The normalized spacial score (nSPS) is 16.7. The summed E-state index contributed by atoms with van der Waals surface area (Å²) >= 11 is 0. The van der Waals surface area contributed by atoms with Gasteiger partial charge in [-0.3, -0.25) is 0 Å². The first kappa shape index (κ1) is 16.3. The van der Waals surface area contributed by atoms with Crippen molar-refractivity contribution in [1.82, 2.24) is 25.2 Å². The van der Waals surface area contributed by atoms with Gasteiger partial charge in [0.2, 0.25) is 0 Å². The number of nitrogens with one attached hydrogen (secondary N) is 4. The molecule has 2 aliphatic rings. The van der Waals surface area contributed by atoms with Crippen LogP contribution in [0.2, 0.25) is 0 Å². The third-order valence-electron chi connectivity index (χ3n) is 4.74. The Bertz CT molecular complexity index is 931. The van der Waals surface area contributed by atoms with Crippen LogP contribution in [-0.2, 0) is 0 Å². The summed E-state index contributed by atoms with van der Waals surface area (Å²) in [5.74, 6) is 1.55. The molecule has 134 valence electrons. The lowest BCUT2D eigenvalue weighted by Crippen LogP contribution is -2.33. The first-order chi connectivity index (χ1) is 12.7. The molecule has 7 heteroatoms. The molecule has 0 radical (unpaired) electrons. The van der Waals surface area contributed by atoms with Gasteiger partial charge in [-0.25, -0.2) is 4.98 Å². The number of rotatable bonds is 6. The molecule has 7 nitrogen and oxygen atoms in total. The smallest absolute Gasteiger partial charge is 0.168 e. The second-order valence-electron chi connectivity index (χ2n) is 6.51. The maximum Gasteiger partial charge on any atom is 0.168 e. The Morgan fingerprint density at radius 3 is 2.92 bits per heavy atom. The largest absolute Gasteiger partial charge is 0.382 e. The fourth-order valence-electron chi connectivity index (χ4n) is 3.02. The van der Waals surface area contributed by atoms with E-state index in [0.717, 1.165) is 34.1 Å². The Labute approximate surface area is 152 Å². The molecule has 0 unspecified atom stereocenters. The van der Waals surface area contributed by atoms with Gasteiger partial charge in [0.25, 0.3) is 0 Å². The average Bonchev–Trinajstić information content (AvgIpc) is 3.03. The molecule has 3 heterocycles. The third kappa shape index (κ3) is 2.92. The maximum atomic E-state index is 4.76. The highest BCUT2D eigenvalue weighted by molar-refractivity contribution is 5.76. The second kappa shape index (κ2) is 6.59. The summed E-state index contributed by atoms with van der Waals surface area (Å²) in [5, 5.41) is 17.5. The third-order valence-corrected chi connectivity index (χ3v) is 4.74. The van der Waals surface area contributed by atoms with Crippen LogP contribution in [0.5, 0.6) is 0 Å². The molecule has 0 atom stereocenters. The summed E-state index contributed by atoms with van der Waals surface area (Å²) in [6.45, 7) is 8.19. The van der Waals surface area contributed by atoms with Crippen molar-refractivity contribution >= 4 is 23.0 Å². The second-order valence-corrected chi connectivity index (χ2v) is 6.51. The van der Waals surface area contributed by atoms with Gasteiger partial charge in [0.1, 0.15) is 11.6 Å². The van der Waals surface area contributed by atoms with E-state index < -0.39 is 0 Å². The molecule has 1 saturated carbocycles. The van der Waals surface area contributed by atoms with E-state index in [2.05, 4.69) is 39.5 Å². The molecule has 4 rings (SSSR count). The highest BCUT2D eigenvalue weighted by Crippen LogP contribution is 2.26. The topological polar surface area (TPSA) is 78.3 Å².